The molecule has 0 bridgehead atoms. The van der Waals surface area contributed by atoms with E-state index in [4.69, 9.17) is 25.5 Å². The van der Waals surface area contributed by atoms with Gasteiger partial charge in [-0.15, -0.1) is 0 Å². The summed E-state index contributed by atoms with van der Waals surface area (Å²) >= 11 is 0. The molecule has 0 aromatic heterocycles. The molecule has 0 aliphatic carbocycles. The third kappa shape index (κ3) is 4.31. The second-order valence-electron chi connectivity index (χ2n) is 2.39. The summed E-state index contributed by atoms with van der Waals surface area (Å²) in [6.45, 7) is 0. The largest absolute Gasteiger partial charge is 2.00 e. The predicted octanol–water partition coefficient (Wildman–Crippen LogP) is -3.67. The van der Waals surface area contributed by atoms with Crippen molar-refractivity contribution in [3.8, 4) is 0 Å². The number of carboxylic acid groups (broad SMARTS) is 1. The molecular formula is C6H10MgO7+2. The number of hydrogen-bond acceptors (Lipinski definition) is 6. The smallest absolute Gasteiger partial charge is 0.479 e. The topological polar surface area (TPSA) is 135 Å². The van der Waals surface area contributed by atoms with Crippen LogP contribution in [0.3, 0.4) is 0 Å². The minimum absolute atomic E-state index is 0. The molecule has 76 valence electrons. The molecule has 7 nitrogen and oxygen atoms in total. The molecule has 4 atom stereocenters. The van der Waals surface area contributed by atoms with Gasteiger partial charge >= 0.3 is 29.0 Å². The molecule has 0 spiro atoms. The van der Waals surface area contributed by atoms with Crippen LogP contribution in [0.4, 0.5) is 0 Å². The molecule has 8 heteroatoms. The second-order valence-corrected chi connectivity index (χ2v) is 2.39. The molecule has 5 N–H and O–H groups in total. The van der Waals surface area contributed by atoms with Crippen LogP contribution in [0.1, 0.15) is 0 Å². The van der Waals surface area contributed by atoms with Crippen LogP contribution in [-0.4, -0.2) is 85.3 Å². The molecule has 0 radical (unpaired) electrons. The summed E-state index contributed by atoms with van der Waals surface area (Å²) < 4.78 is 0. The van der Waals surface area contributed by atoms with Gasteiger partial charge in [-0.2, -0.15) is 0 Å². The van der Waals surface area contributed by atoms with Crippen LogP contribution in [0.25, 0.3) is 0 Å². The minimum atomic E-state index is -2.25. The Labute approximate surface area is 95.1 Å². The maximum Gasteiger partial charge on any atom is 2.00 e. The van der Waals surface area contributed by atoms with E-state index in [9.17, 15) is 9.59 Å². The van der Waals surface area contributed by atoms with E-state index in [1.54, 1.807) is 0 Å². The van der Waals surface area contributed by atoms with Crippen molar-refractivity contribution in [2.45, 2.75) is 24.4 Å². The van der Waals surface area contributed by atoms with Gasteiger partial charge < -0.3 is 30.3 Å². The molecule has 0 amide bonds. The zero-order valence-electron chi connectivity index (χ0n) is 7.15. The Morgan fingerprint density at radius 2 is 1.50 bits per heavy atom. The number of carbonyl (C=O) groups excluding carboxylic acids is 1. The van der Waals surface area contributed by atoms with E-state index in [-0.39, 0.29) is 29.3 Å². The quantitative estimate of drug-likeness (QED) is 0.237. The molecule has 0 aliphatic rings. The Morgan fingerprint density at radius 3 is 1.79 bits per heavy atom. The van der Waals surface area contributed by atoms with Crippen molar-refractivity contribution < 1.29 is 35.1 Å². The van der Waals surface area contributed by atoms with Gasteiger partial charge in [-0.1, -0.05) is 0 Å². The molecule has 0 rings (SSSR count). The van der Waals surface area contributed by atoms with Crippen molar-refractivity contribution in [1.82, 2.24) is 0 Å². The summed E-state index contributed by atoms with van der Waals surface area (Å²) in [4.78, 5) is 20.0. The van der Waals surface area contributed by atoms with Crippen molar-refractivity contribution in [3.63, 3.8) is 0 Å². The van der Waals surface area contributed by atoms with E-state index >= 15 is 0 Å². The fourth-order valence-corrected chi connectivity index (χ4v) is 0.615. The minimum Gasteiger partial charge on any atom is -0.479 e. The van der Waals surface area contributed by atoms with Crippen molar-refractivity contribution in [2.24, 2.45) is 0 Å². The average molecular weight is 218 g/mol. The van der Waals surface area contributed by atoms with Crippen LogP contribution in [0.15, 0.2) is 0 Å². The molecule has 0 unspecified atom stereocenters. The van der Waals surface area contributed by atoms with Crippen molar-refractivity contribution >= 4 is 35.3 Å². The summed E-state index contributed by atoms with van der Waals surface area (Å²) in [7, 11) is 0. The van der Waals surface area contributed by atoms with Crippen molar-refractivity contribution in [3.05, 3.63) is 0 Å². The number of aliphatic hydroxyl groups is 4. The molecular weight excluding hydrogens is 208 g/mol. The summed E-state index contributed by atoms with van der Waals surface area (Å²) in [5.41, 5.74) is 0. The molecule has 0 heterocycles. The van der Waals surface area contributed by atoms with Gasteiger partial charge in [-0.05, 0) is 0 Å². The fraction of sp³-hybridized carbons (Fsp3) is 0.667. The van der Waals surface area contributed by atoms with E-state index in [0.717, 1.165) is 0 Å². The number of carbonyl (C=O) groups is 2. The molecule has 14 heavy (non-hydrogen) atoms. The summed E-state index contributed by atoms with van der Waals surface area (Å²) in [5, 5.41) is 43.2. The standard InChI is InChI=1S/C6H10O7.Mg/c7-1-2(8)3(9)4(10)5(11)6(12)13;/h1-5,8-11H,(H,12,13);/q;+2/t2-,3+,4-,5-;/m0./s1. The summed E-state index contributed by atoms with van der Waals surface area (Å²) in [5.74, 6) is -1.76. The van der Waals surface area contributed by atoms with Crippen molar-refractivity contribution in [2.75, 3.05) is 0 Å². The van der Waals surface area contributed by atoms with E-state index in [0.29, 0.717) is 0 Å². The van der Waals surface area contributed by atoms with E-state index in [1.807, 2.05) is 0 Å². The molecule has 0 aromatic carbocycles. The summed E-state index contributed by atoms with van der Waals surface area (Å²) in [6.07, 6.45) is -8.39. The molecule has 0 fully saturated rings. The van der Waals surface area contributed by atoms with Crippen LogP contribution in [0, 0.1) is 0 Å². The van der Waals surface area contributed by atoms with E-state index in [1.165, 1.54) is 0 Å². The van der Waals surface area contributed by atoms with Crippen LogP contribution >= 0.6 is 0 Å². The Kier molecular flexibility index (Phi) is 8.20. The molecule has 0 aromatic rings. The number of rotatable bonds is 5. The van der Waals surface area contributed by atoms with Crippen LogP contribution < -0.4 is 0 Å². The SMILES string of the molecule is O=C[C@H](O)[C@@H](O)[C@H](O)[C@H](O)C(=O)O.[Mg+2]. The molecule has 0 saturated carbocycles. The fourth-order valence-electron chi connectivity index (χ4n) is 0.615. The van der Waals surface area contributed by atoms with Gasteiger partial charge in [0.1, 0.15) is 18.3 Å². The van der Waals surface area contributed by atoms with Crippen LogP contribution in [0.2, 0.25) is 0 Å². The molecule has 0 aliphatic heterocycles. The van der Waals surface area contributed by atoms with Gasteiger partial charge in [-0.3, -0.25) is 0 Å². The second kappa shape index (κ2) is 7.09. The van der Waals surface area contributed by atoms with E-state index < -0.39 is 30.4 Å². The third-order valence-electron chi connectivity index (χ3n) is 1.42. The first-order chi connectivity index (χ1) is 5.91. The zero-order valence-corrected chi connectivity index (χ0v) is 8.56. The van der Waals surface area contributed by atoms with Crippen LogP contribution in [-0.2, 0) is 9.59 Å². The number of aldehydes is 1. The Bertz CT molecular complexity index is 197. The monoisotopic (exact) mass is 218 g/mol. The van der Waals surface area contributed by atoms with Gasteiger partial charge in [0.2, 0.25) is 0 Å². The first-order valence-corrected chi connectivity index (χ1v) is 3.32. The van der Waals surface area contributed by atoms with Crippen LogP contribution in [0.5, 0.6) is 0 Å². The zero-order chi connectivity index (χ0) is 10.6. The van der Waals surface area contributed by atoms with Gasteiger partial charge in [-0.25, -0.2) is 4.79 Å². The van der Waals surface area contributed by atoms with Gasteiger partial charge in [0, 0.05) is 0 Å². The number of carboxylic acids is 1. The Hall–Kier alpha value is -0.254. The maximum atomic E-state index is 10.1. The number of hydrogen-bond donors (Lipinski definition) is 5. The van der Waals surface area contributed by atoms with E-state index in [2.05, 4.69) is 0 Å². The predicted molar refractivity (Wildman–Crippen MR) is 43.5 cm³/mol. The van der Waals surface area contributed by atoms with Gasteiger partial charge in [0.15, 0.2) is 12.4 Å². The normalized spacial score (nSPS) is 18.6. The first kappa shape index (κ1) is 16.2. The van der Waals surface area contributed by atoms with Crippen molar-refractivity contribution in [1.29, 1.82) is 0 Å². The summed E-state index contributed by atoms with van der Waals surface area (Å²) in [6, 6.07) is 0. The van der Waals surface area contributed by atoms with Gasteiger partial charge in [0.25, 0.3) is 0 Å². The maximum absolute atomic E-state index is 10.1. The third-order valence-corrected chi connectivity index (χ3v) is 1.42. The van der Waals surface area contributed by atoms with Gasteiger partial charge in [0.05, 0.1) is 0 Å². The Morgan fingerprint density at radius 1 is 1.07 bits per heavy atom. The average Bonchev–Trinajstić information content (AvgIpc) is 2.12. The number of aliphatic carboxylic acids is 1. The number of aliphatic hydroxyl groups excluding tert-OH is 4. The Balaban J connectivity index is 0. The first-order valence-electron chi connectivity index (χ1n) is 3.32. The molecule has 0 saturated heterocycles.